The zero-order valence-electron chi connectivity index (χ0n) is 11.2. The van der Waals surface area contributed by atoms with Gasteiger partial charge in [0, 0.05) is 5.69 Å². The summed E-state index contributed by atoms with van der Waals surface area (Å²) >= 11 is 0. The highest BCUT2D eigenvalue weighted by Crippen LogP contribution is 2.21. The first kappa shape index (κ1) is 15.2. The lowest BCUT2D eigenvalue weighted by atomic mass is 10.2. The van der Waals surface area contributed by atoms with Crippen LogP contribution >= 0.6 is 0 Å². The van der Waals surface area contributed by atoms with Crippen LogP contribution < -0.4 is 15.2 Å². The molecule has 0 saturated carbocycles. The number of halogens is 1. The predicted octanol–water partition coefficient (Wildman–Crippen LogP) is 2.01. The van der Waals surface area contributed by atoms with E-state index in [9.17, 15) is 12.8 Å². The molecule has 0 amide bonds. The van der Waals surface area contributed by atoms with E-state index >= 15 is 0 Å². The molecule has 8 heteroatoms. The van der Waals surface area contributed by atoms with Crippen molar-refractivity contribution in [3.63, 3.8) is 0 Å². The number of rotatable bonds is 5. The first-order valence-electron chi connectivity index (χ1n) is 6.12. The van der Waals surface area contributed by atoms with Gasteiger partial charge in [-0.15, -0.1) is 0 Å². The largest absolute Gasteiger partial charge is 0.377 e. The van der Waals surface area contributed by atoms with E-state index in [-0.39, 0.29) is 6.04 Å². The zero-order valence-corrected chi connectivity index (χ0v) is 12.1. The summed E-state index contributed by atoms with van der Waals surface area (Å²) in [5, 5.41) is 8.06. The fraction of sp³-hybridized carbons (Fsp3) is 0.154. The molecule has 4 N–H and O–H groups in total. The smallest absolute Gasteiger partial charge is 0.296 e. The fourth-order valence-electron chi connectivity index (χ4n) is 1.80. The Labute approximate surface area is 122 Å². The Kier molecular flexibility index (Phi) is 4.39. The number of aromatic nitrogens is 1. The molecule has 2 aromatic rings. The molecule has 0 aliphatic rings. The molecule has 1 aromatic heterocycles. The van der Waals surface area contributed by atoms with Gasteiger partial charge in [0.25, 0.3) is 10.2 Å². The molecule has 112 valence electrons. The third-order valence-corrected chi connectivity index (χ3v) is 3.22. The lowest BCUT2D eigenvalue weighted by Gasteiger charge is -2.15. The number of hydrogen-bond acceptors (Lipinski definition) is 4. The molecular formula is C13H15FN4O2S. The third-order valence-electron chi connectivity index (χ3n) is 2.70. The number of nitrogens with two attached hydrogens (primary N) is 1. The van der Waals surface area contributed by atoms with Gasteiger partial charge in [-0.2, -0.15) is 8.42 Å². The second-order valence-corrected chi connectivity index (χ2v) is 5.79. The van der Waals surface area contributed by atoms with Crippen molar-refractivity contribution in [2.24, 2.45) is 5.14 Å². The summed E-state index contributed by atoms with van der Waals surface area (Å²) in [5.41, 5.74) is 1.70. The minimum absolute atomic E-state index is 0.171. The van der Waals surface area contributed by atoms with Crippen molar-refractivity contribution >= 4 is 21.6 Å². The molecular weight excluding hydrogens is 295 g/mol. The van der Waals surface area contributed by atoms with Crippen LogP contribution in [0.15, 0.2) is 42.6 Å². The average molecular weight is 310 g/mol. The first-order chi connectivity index (χ1) is 9.83. The summed E-state index contributed by atoms with van der Waals surface area (Å²) < 4.78 is 37.0. The molecule has 2 rings (SSSR count). The van der Waals surface area contributed by atoms with Gasteiger partial charge in [0.1, 0.15) is 5.82 Å². The second-order valence-electron chi connectivity index (χ2n) is 4.50. The highest BCUT2D eigenvalue weighted by Gasteiger charge is 2.08. The molecule has 0 radical (unpaired) electrons. The summed E-state index contributed by atoms with van der Waals surface area (Å²) in [5.74, 6) is -0.398. The van der Waals surface area contributed by atoms with Gasteiger partial charge in [0.15, 0.2) is 0 Å². The van der Waals surface area contributed by atoms with Gasteiger partial charge in [-0.05, 0) is 37.3 Å². The molecule has 1 atom stereocenters. The summed E-state index contributed by atoms with van der Waals surface area (Å²) in [6, 6.07) is 9.38. The van der Waals surface area contributed by atoms with Crippen molar-refractivity contribution in [1.82, 2.24) is 4.98 Å². The summed E-state index contributed by atoms with van der Waals surface area (Å²) in [6.07, 6.45) is 1.15. The van der Waals surface area contributed by atoms with Gasteiger partial charge < -0.3 is 5.32 Å². The van der Waals surface area contributed by atoms with Crippen molar-refractivity contribution in [3.05, 3.63) is 54.1 Å². The van der Waals surface area contributed by atoms with Gasteiger partial charge in [-0.1, -0.05) is 6.07 Å². The summed E-state index contributed by atoms with van der Waals surface area (Å²) in [4.78, 5) is 3.99. The van der Waals surface area contributed by atoms with E-state index in [0.717, 1.165) is 6.20 Å². The highest BCUT2D eigenvalue weighted by atomic mass is 32.2. The lowest BCUT2D eigenvalue weighted by molar-refractivity contribution is 0.603. The molecule has 1 unspecified atom stereocenters. The number of nitrogens with one attached hydrogen (secondary N) is 2. The van der Waals surface area contributed by atoms with E-state index < -0.39 is 16.0 Å². The Morgan fingerprint density at radius 2 is 1.95 bits per heavy atom. The van der Waals surface area contributed by atoms with Crippen LogP contribution in [-0.2, 0) is 10.2 Å². The van der Waals surface area contributed by atoms with Crippen molar-refractivity contribution in [2.45, 2.75) is 13.0 Å². The molecule has 0 fully saturated rings. The van der Waals surface area contributed by atoms with Crippen LogP contribution in [0.5, 0.6) is 0 Å². The molecule has 0 spiro atoms. The van der Waals surface area contributed by atoms with Crippen LogP contribution in [0, 0.1) is 5.82 Å². The maximum absolute atomic E-state index is 12.8. The predicted molar refractivity (Wildman–Crippen MR) is 79.4 cm³/mol. The maximum atomic E-state index is 12.8. The van der Waals surface area contributed by atoms with Gasteiger partial charge >= 0.3 is 0 Å². The van der Waals surface area contributed by atoms with Gasteiger partial charge in [0.05, 0.1) is 23.6 Å². The van der Waals surface area contributed by atoms with E-state index in [1.165, 1.54) is 6.07 Å². The van der Waals surface area contributed by atoms with Crippen LogP contribution in [0.2, 0.25) is 0 Å². The molecule has 0 aliphatic heterocycles. The zero-order chi connectivity index (χ0) is 15.5. The monoisotopic (exact) mass is 310 g/mol. The number of hydrogen-bond donors (Lipinski definition) is 3. The minimum atomic E-state index is -3.81. The van der Waals surface area contributed by atoms with E-state index in [1.807, 2.05) is 6.92 Å². The Morgan fingerprint density at radius 3 is 2.57 bits per heavy atom. The van der Waals surface area contributed by atoms with E-state index in [4.69, 9.17) is 5.14 Å². The number of pyridine rings is 1. The van der Waals surface area contributed by atoms with Crippen molar-refractivity contribution < 1.29 is 12.8 Å². The van der Waals surface area contributed by atoms with Gasteiger partial charge in [-0.25, -0.2) is 9.53 Å². The molecule has 6 nitrogen and oxygen atoms in total. The fourth-order valence-corrected chi connectivity index (χ4v) is 2.26. The Hall–Kier alpha value is -2.19. The highest BCUT2D eigenvalue weighted by molar-refractivity contribution is 7.90. The molecule has 0 bridgehead atoms. The second kappa shape index (κ2) is 6.06. The number of anilines is 2. The van der Waals surface area contributed by atoms with Gasteiger partial charge in [0.2, 0.25) is 0 Å². The Morgan fingerprint density at radius 1 is 1.24 bits per heavy atom. The lowest BCUT2D eigenvalue weighted by Crippen LogP contribution is -2.21. The molecule has 1 aromatic carbocycles. The first-order valence-corrected chi connectivity index (χ1v) is 7.67. The Balaban J connectivity index is 2.12. The summed E-state index contributed by atoms with van der Waals surface area (Å²) in [6.45, 7) is 1.86. The standard InChI is InChI=1S/C13H15FN4O2S/c1-9(13-6-5-10(14)8-16-13)17-11-3-2-4-12(7-11)18-21(15,19)20/h2-9,17-18H,1H3,(H2,15,19,20). The summed E-state index contributed by atoms with van der Waals surface area (Å²) in [7, 11) is -3.81. The topological polar surface area (TPSA) is 97.1 Å². The molecule has 1 heterocycles. The van der Waals surface area contributed by atoms with Crippen LogP contribution in [0.25, 0.3) is 0 Å². The molecule has 0 saturated heterocycles. The third kappa shape index (κ3) is 4.69. The minimum Gasteiger partial charge on any atom is -0.377 e. The van der Waals surface area contributed by atoms with Crippen LogP contribution in [0.4, 0.5) is 15.8 Å². The van der Waals surface area contributed by atoms with E-state index in [1.54, 1.807) is 30.3 Å². The molecule has 0 aliphatic carbocycles. The van der Waals surface area contributed by atoms with Crippen LogP contribution in [0.3, 0.4) is 0 Å². The van der Waals surface area contributed by atoms with Gasteiger partial charge in [-0.3, -0.25) is 9.71 Å². The van der Waals surface area contributed by atoms with Crippen LogP contribution in [0.1, 0.15) is 18.7 Å². The number of nitrogens with zero attached hydrogens (tertiary/aromatic N) is 1. The van der Waals surface area contributed by atoms with Crippen LogP contribution in [-0.4, -0.2) is 13.4 Å². The van der Waals surface area contributed by atoms with E-state index in [0.29, 0.717) is 17.1 Å². The SMILES string of the molecule is CC(Nc1cccc(NS(N)(=O)=O)c1)c1ccc(F)cn1. The van der Waals surface area contributed by atoms with Crippen molar-refractivity contribution in [3.8, 4) is 0 Å². The quantitative estimate of drug-likeness (QED) is 0.787. The van der Waals surface area contributed by atoms with Crippen molar-refractivity contribution in [2.75, 3.05) is 10.0 Å². The maximum Gasteiger partial charge on any atom is 0.296 e. The normalized spacial score (nSPS) is 12.7. The average Bonchev–Trinajstić information content (AvgIpc) is 2.37. The van der Waals surface area contributed by atoms with Crippen molar-refractivity contribution in [1.29, 1.82) is 0 Å². The molecule has 21 heavy (non-hydrogen) atoms. The van der Waals surface area contributed by atoms with E-state index in [2.05, 4.69) is 15.0 Å². The number of benzene rings is 1. The Bertz CT molecular complexity index is 719.